The molecule has 6 nitrogen and oxygen atoms in total. The summed E-state index contributed by atoms with van der Waals surface area (Å²) in [5, 5.41) is 8.97. The van der Waals surface area contributed by atoms with Gasteiger partial charge in [0, 0.05) is 12.1 Å². The van der Waals surface area contributed by atoms with Crippen molar-refractivity contribution in [3.05, 3.63) is 43.0 Å². The molecule has 1 heterocycles. The number of hydrogen-bond acceptors (Lipinski definition) is 5. The van der Waals surface area contributed by atoms with Gasteiger partial charge in [0.2, 0.25) is 5.91 Å². The molecule has 3 N–H and O–H groups in total. The molecule has 0 bridgehead atoms. The van der Waals surface area contributed by atoms with Crippen LogP contribution in [-0.2, 0) is 11.3 Å². The second-order valence-electron chi connectivity index (χ2n) is 3.93. The van der Waals surface area contributed by atoms with Gasteiger partial charge in [-0.2, -0.15) is 0 Å². The number of amides is 1. The topological polar surface area (TPSA) is 85.8 Å². The number of nitrogens with zero attached hydrogens (tertiary/aromatic N) is 3. The summed E-state index contributed by atoms with van der Waals surface area (Å²) in [6, 6.07) is 9.75. The molecule has 0 unspecified atom stereocenters. The number of thioether (sulfide) groups is 1. The van der Waals surface area contributed by atoms with Gasteiger partial charge in [0.05, 0.1) is 5.75 Å². The fourth-order valence-electron chi connectivity index (χ4n) is 1.66. The molecule has 2 rings (SSSR count). The van der Waals surface area contributed by atoms with Gasteiger partial charge in [0.15, 0.2) is 11.0 Å². The number of rotatable bonds is 6. The summed E-state index contributed by atoms with van der Waals surface area (Å²) >= 11 is 1.28. The molecule has 7 heteroatoms. The summed E-state index contributed by atoms with van der Waals surface area (Å²) in [5.74, 6) is 5.74. The zero-order chi connectivity index (χ0) is 14.4. The van der Waals surface area contributed by atoms with Crippen molar-refractivity contribution in [3.8, 4) is 11.4 Å². The van der Waals surface area contributed by atoms with Crippen LogP contribution >= 0.6 is 11.8 Å². The van der Waals surface area contributed by atoms with E-state index in [0.29, 0.717) is 11.7 Å². The van der Waals surface area contributed by atoms with E-state index >= 15 is 0 Å². The van der Waals surface area contributed by atoms with E-state index in [1.807, 2.05) is 34.9 Å². The molecule has 2 aromatic rings. The predicted octanol–water partition coefficient (Wildman–Crippen LogP) is 1.21. The highest BCUT2D eigenvalue weighted by Crippen LogP contribution is 2.23. The second kappa shape index (κ2) is 6.88. The molecular weight excluding hydrogens is 274 g/mol. The second-order valence-corrected chi connectivity index (χ2v) is 4.87. The number of carbonyl (C=O) groups excluding carboxylic acids is 1. The van der Waals surface area contributed by atoms with Crippen LogP contribution in [0, 0.1) is 0 Å². The molecule has 0 aliphatic heterocycles. The zero-order valence-corrected chi connectivity index (χ0v) is 11.6. The van der Waals surface area contributed by atoms with E-state index in [2.05, 4.69) is 22.2 Å². The molecule has 0 saturated carbocycles. The Morgan fingerprint density at radius 3 is 2.80 bits per heavy atom. The Morgan fingerprint density at radius 1 is 1.40 bits per heavy atom. The minimum Gasteiger partial charge on any atom is -0.298 e. The van der Waals surface area contributed by atoms with Crippen LogP contribution < -0.4 is 11.3 Å². The lowest BCUT2D eigenvalue weighted by atomic mass is 10.2. The minimum absolute atomic E-state index is 0.195. The molecule has 0 atom stereocenters. The lowest BCUT2D eigenvalue weighted by Crippen LogP contribution is -2.31. The van der Waals surface area contributed by atoms with E-state index in [-0.39, 0.29) is 11.7 Å². The molecule has 0 spiro atoms. The first-order valence-corrected chi connectivity index (χ1v) is 6.96. The lowest BCUT2D eigenvalue weighted by Gasteiger charge is -2.07. The molecule has 1 aromatic heterocycles. The first-order chi connectivity index (χ1) is 9.76. The van der Waals surface area contributed by atoms with Gasteiger partial charge in [-0.25, -0.2) is 5.84 Å². The highest BCUT2D eigenvalue weighted by Gasteiger charge is 2.14. The number of hydrazine groups is 1. The molecule has 0 radical (unpaired) electrons. The number of aromatic nitrogens is 3. The first kappa shape index (κ1) is 14.3. The van der Waals surface area contributed by atoms with Gasteiger partial charge in [-0.1, -0.05) is 48.2 Å². The number of allylic oxidation sites excluding steroid dienone is 1. The fourth-order valence-corrected chi connectivity index (χ4v) is 2.42. The summed E-state index contributed by atoms with van der Waals surface area (Å²) < 4.78 is 1.91. The molecule has 0 aliphatic rings. The van der Waals surface area contributed by atoms with Crippen LogP contribution in [0.4, 0.5) is 0 Å². The van der Waals surface area contributed by atoms with Gasteiger partial charge in [-0.3, -0.25) is 14.8 Å². The van der Waals surface area contributed by atoms with Crippen LogP contribution in [0.25, 0.3) is 11.4 Å². The average molecular weight is 289 g/mol. The summed E-state index contributed by atoms with van der Waals surface area (Å²) in [4.78, 5) is 11.2. The Balaban J connectivity index is 2.28. The normalized spacial score (nSPS) is 10.2. The van der Waals surface area contributed by atoms with Crippen LogP contribution in [0.1, 0.15) is 0 Å². The van der Waals surface area contributed by atoms with Gasteiger partial charge in [-0.15, -0.1) is 16.8 Å². The van der Waals surface area contributed by atoms with Gasteiger partial charge in [-0.05, 0) is 0 Å². The van der Waals surface area contributed by atoms with Gasteiger partial charge < -0.3 is 0 Å². The third-order valence-electron chi connectivity index (χ3n) is 2.55. The number of nitrogens with two attached hydrogens (primary N) is 1. The summed E-state index contributed by atoms with van der Waals surface area (Å²) in [7, 11) is 0. The Labute approximate surface area is 121 Å². The van der Waals surface area contributed by atoms with E-state index in [9.17, 15) is 4.79 Å². The third kappa shape index (κ3) is 3.25. The van der Waals surface area contributed by atoms with Crippen molar-refractivity contribution in [3.63, 3.8) is 0 Å². The molecule has 1 aromatic carbocycles. The van der Waals surface area contributed by atoms with Crippen LogP contribution in [-0.4, -0.2) is 26.4 Å². The van der Waals surface area contributed by atoms with E-state index in [4.69, 9.17) is 5.84 Å². The monoisotopic (exact) mass is 289 g/mol. The molecule has 0 fully saturated rings. The van der Waals surface area contributed by atoms with Gasteiger partial charge in [0.25, 0.3) is 0 Å². The SMILES string of the molecule is C=CCn1c(SCC(=O)NN)nnc1-c1ccccc1. The van der Waals surface area contributed by atoms with Crippen molar-refractivity contribution in [2.24, 2.45) is 5.84 Å². The Kier molecular flexibility index (Phi) is 4.91. The lowest BCUT2D eigenvalue weighted by molar-refractivity contribution is -0.118. The van der Waals surface area contributed by atoms with Crippen molar-refractivity contribution < 1.29 is 4.79 Å². The third-order valence-corrected chi connectivity index (χ3v) is 3.52. The minimum atomic E-state index is -0.260. The molecule has 104 valence electrons. The van der Waals surface area contributed by atoms with Crippen LogP contribution in [0.2, 0.25) is 0 Å². The van der Waals surface area contributed by atoms with E-state index in [0.717, 1.165) is 11.4 Å². The van der Waals surface area contributed by atoms with E-state index in [1.54, 1.807) is 6.08 Å². The van der Waals surface area contributed by atoms with Crippen LogP contribution in [0.3, 0.4) is 0 Å². The van der Waals surface area contributed by atoms with Gasteiger partial charge >= 0.3 is 0 Å². The van der Waals surface area contributed by atoms with E-state index in [1.165, 1.54) is 11.8 Å². The molecule has 1 amide bonds. The molecule has 0 aliphatic carbocycles. The number of hydrogen-bond donors (Lipinski definition) is 2. The van der Waals surface area contributed by atoms with Crippen molar-refractivity contribution in [2.75, 3.05) is 5.75 Å². The number of carbonyl (C=O) groups is 1. The van der Waals surface area contributed by atoms with Gasteiger partial charge in [0.1, 0.15) is 0 Å². The molecule has 20 heavy (non-hydrogen) atoms. The summed E-state index contributed by atoms with van der Waals surface area (Å²) in [6.07, 6.45) is 1.77. The maximum Gasteiger partial charge on any atom is 0.244 e. The summed E-state index contributed by atoms with van der Waals surface area (Å²) in [6.45, 7) is 4.31. The molecular formula is C13H15N5OS. The Morgan fingerprint density at radius 2 is 2.15 bits per heavy atom. The van der Waals surface area contributed by atoms with Crippen molar-refractivity contribution in [1.29, 1.82) is 0 Å². The quantitative estimate of drug-likeness (QED) is 0.274. The smallest absolute Gasteiger partial charge is 0.244 e. The van der Waals surface area contributed by atoms with Crippen molar-refractivity contribution in [2.45, 2.75) is 11.7 Å². The highest BCUT2D eigenvalue weighted by molar-refractivity contribution is 7.99. The fraction of sp³-hybridized carbons (Fsp3) is 0.154. The highest BCUT2D eigenvalue weighted by atomic mass is 32.2. The number of nitrogens with one attached hydrogen (secondary N) is 1. The maximum atomic E-state index is 11.2. The molecule has 0 saturated heterocycles. The number of benzene rings is 1. The van der Waals surface area contributed by atoms with Crippen LogP contribution in [0.5, 0.6) is 0 Å². The Hall–Kier alpha value is -2.12. The predicted molar refractivity (Wildman–Crippen MR) is 78.7 cm³/mol. The standard InChI is InChI=1S/C13H15N5OS/c1-2-8-18-12(10-6-4-3-5-7-10)16-17-13(18)20-9-11(19)15-14/h2-7H,1,8-9,14H2,(H,15,19). The zero-order valence-electron chi connectivity index (χ0n) is 10.8. The average Bonchev–Trinajstić information content (AvgIpc) is 2.89. The summed E-state index contributed by atoms with van der Waals surface area (Å²) in [5.41, 5.74) is 3.06. The Bertz CT molecular complexity index is 596. The first-order valence-electron chi connectivity index (χ1n) is 5.98. The largest absolute Gasteiger partial charge is 0.298 e. The van der Waals surface area contributed by atoms with E-state index < -0.39 is 0 Å². The van der Waals surface area contributed by atoms with Crippen molar-refractivity contribution >= 4 is 17.7 Å². The maximum absolute atomic E-state index is 11.2. The van der Waals surface area contributed by atoms with Crippen molar-refractivity contribution in [1.82, 2.24) is 20.2 Å². The van der Waals surface area contributed by atoms with Crippen LogP contribution in [0.15, 0.2) is 48.1 Å².